The zero-order valence-electron chi connectivity index (χ0n) is 11.2. The van der Waals surface area contributed by atoms with Gasteiger partial charge < -0.3 is 9.84 Å². The molecule has 1 aromatic heterocycles. The summed E-state index contributed by atoms with van der Waals surface area (Å²) in [6.45, 7) is 1.99. The van der Waals surface area contributed by atoms with E-state index in [1.54, 1.807) is 31.3 Å². The average molecular weight is 305 g/mol. The molecule has 0 aliphatic heterocycles. The number of aromatic hydroxyl groups is 1. The summed E-state index contributed by atoms with van der Waals surface area (Å²) in [4.78, 5) is 16.0. The number of pyridine rings is 1. The first kappa shape index (κ1) is 16.5. The van der Waals surface area contributed by atoms with Crippen molar-refractivity contribution in [1.29, 1.82) is 5.26 Å². The number of nitriles is 1. The lowest BCUT2D eigenvalue weighted by atomic mass is 10.0. The third-order valence-electron chi connectivity index (χ3n) is 2.69. The van der Waals surface area contributed by atoms with Crippen molar-refractivity contribution >= 4 is 18.4 Å². The Bertz CT molecular complexity index is 696. The number of carbonyl (C=O) groups is 1. The van der Waals surface area contributed by atoms with Crippen LogP contribution < -0.4 is 0 Å². The first-order valence-corrected chi connectivity index (χ1v) is 6.03. The summed E-state index contributed by atoms with van der Waals surface area (Å²) in [5.74, 6) is -0.577. The highest BCUT2D eigenvalue weighted by Gasteiger charge is 2.15. The van der Waals surface area contributed by atoms with E-state index < -0.39 is 5.97 Å². The van der Waals surface area contributed by atoms with Crippen LogP contribution in [0.2, 0.25) is 0 Å². The van der Waals surface area contributed by atoms with Crippen molar-refractivity contribution in [3.05, 3.63) is 47.7 Å². The van der Waals surface area contributed by atoms with Crippen LogP contribution in [0.4, 0.5) is 0 Å². The molecule has 0 saturated heterocycles. The molecule has 0 bridgehead atoms. The SMILES string of the molecule is CCOC(=O)c1cccnc1-c1ccc(O)c(C#N)c1.Cl. The summed E-state index contributed by atoms with van der Waals surface area (Å²) in [5.41, 5.74) is 1.44. The van der Waals surface area contributed by atoms with E-state index in [9.17, 15) is 9.90 Å². The van der Waals surface area contributed by atoms with Crippen LogP contribution in [0, 0.1) is 11.3 Å². The molecule has 1 N–H and O–H groups in total. The molecule has 0 radical (unpaired) electrons. The maximum atomic E-state index is 11.9. The number of hydrogen-bond donors (Lipinski definition) is 1. The van der Waals surface area contributed by atoms with Gasteiger partial charge in [-0.3, -0.25) is 4.98 Å². The van der Waals surface area contributed by atoms with Gasteiger partial charge in [0.2, 0.25) is 0 Å². The Balaban J connectivity index is 0.00000220. The smallest absolute Gasteiger partial charge is 0.340 e. The highest BCUT2D eigenvalue weighted by atomic mass is 35.5. The van der Waals surface area contributed by atoms with E-state index in [-0.39, 0.29) is 30.3 Å². The number of carbonyl (C=O) groups excluding carboxylic acids is 1. The first-order valence-electron chi connectivity index (χ1n) is 6.03. The van der Waals surface area contributed by atoms with Gasteiger partial charge in [0.1, 0.15) is 11.8 Å². The fourth-order valence-electron chi connectivity index (χ4n) is 1.78. The lowest BCUT2D eigenvalue weighted by Crippen LogP contribution is -2.07. The number of esters is 1. The van der Waals surface area contributed by atoms with E-state index in [2.05, 4.69) is 4.98 Å². The Hall–Kier alpha value is -2.58. The fourth-order valence-corrected chi connectivity index (χ4v) is 1.78. The number of hydrogen-bond acceptors (Lipinski definition) is 5. The second-order valence-corrected chi connectivity index (χ2v) is 3.96. The van der Waals surface area contributed by atoms with Gasteiger partial charge in [-0.05, 0) is 37.3 Å². The summed E-state index contributed by atoms with van der Waals surface area (Å²) in [6.07, 6.45) is 1.55. The van der Waals surface area contributed by atoms with Crippen molar-refractivity contribution in [1.82, 2.24) is 4.98 Å². The van der Waals surface area contributed by atoms with Crippen LogP contribution in [0.15, 0.2) is 36.5 Å². The topological polar surface area (TPSA) is 83.2 Å². The molecule has 0 amide bonds. The van der Waals surface area contributed by atoms with Crippen molar-refractivity contribution in [3.8, 4) is 23.1 Å². The van der Waals surface area contributed by atoms with Crippen LogP contribution in [0.3, 0.4) is 0 Å². The maximum absolute atomic E-state index is 11.9. The molecule has 0 unspecified atom stereocenters. The maximum Gasteiger partial charge on any atom is 0.340 e. The molecular formula is C15H13ClN2O3. The average Bonchev–Trinajstić information content (AvgIpc) is 2.48. The van der Waals surface area contributed by atoms with Crippen molar-refractivity contribution in [2.75, 3.05) is 6.61 Å². The molecule has 1 aromatic carbocycles. The molecular weight excluding hydrogens is 292 g/mol. The zero-order chi connectivity index (χ0) is 14.5. The highest BCUT2D eigenvalue weighted by molar-refractivity contribution is 5.96. The van der Waals surface area contributed by atoms with Gasteiger partial charge in [-0.15, -0.1) is 12.4 Å². The molecule has 108 valence electrons. The van der Waals surface area contributed by atoms with Gasteiger partial charge in [0.25, 0.3) is 0 Å². The third kappa shape index (κ3) is 3.50. The summed E-state index contributed by atoms with van der Waals surface area (Å²) >= 11 is 0. The Kier molecular flexibility index (Phi) is 5.70. The first-order chi connectivity index (χ1) is 9.67. The van der Waals surface area contributed by atoms with Gasteiger partial charge >= 0.3 is 5.97 Å². The van der Waals surface area contributed by atoms with Crippen LogP contribution in [-0.4, -0.2) is 22.7 Å². The predicted octanol–water partition coefficient (Wildman–Crippen LogP) is 2.92. The van der Waals surface area contributed by atoms with Gasteiger partial charge in [-0.1, -0.05) is 0 Å². The van der Waals surface area contributed by atoms with E-state index in [1.807, 2.05) is 6.07 Å². The minimum absolute atomic E-state index is 0. The summed E-state index contributed by atoms with van der Waals surface area (Å²) in [7, 11) is 0. The van der Waals surface area contributed by atoms with Crippen molar-refractivity contribution < 1.29 is 14.6 Å². The van der Waals surface area contributed by atoms with Crippen molar-refractivity contribution in [2.45, 2.75) is 6.92 Å². The number of rotatable bonds is 3. The summed E-state index contributed by atoms with van der Waals surface area (Å²) in [5, 5.41) is 18.4. The number of nitrogens with zero attached hydrogens (tertiary/aromatic N) is 2. The molecule has 0 saturated carbocycles. The van der Waals surface area contributed by atoms with E-state index in [4.69, 9.17) is 10.00 Å². The molecule has 6 heteroatoms. The number of benzene rings is 1. The molecule has 2 rings (SSSR count). The molecule has 0 aliphatic rings. The predicted molar refractivity (Wildman–Crippen MR) is 79.3 cm³/mol. The van der Waals surface area contributed by atoms with Crippen LogP contribution in [-0.2, 0) is 4.74 Å². The van der Waals surface area contributed by atoms with Gasteiger partial charge in [0.05, 0.1) is 23.4 Å². The Morgan fingerprint density at radius 2 is 2.19 bits per heavy atom. The quantitative estimate of drug-likeness (QED) is 0.881. The molecule has 5 nitrogen and oxygen atoms in total. The number of ether oxygens (including phenoxy) is 1. The Morgan fingerprint density at radius 1 is 1.43 bits per heavy atom. The van der Waals surface area contributed by atoms with Gasteiger partial charge in [0, 0.05) is 11.8 Å². The largest absolute Gasteiger partial charge is 0.507 e. The minimum atomic E-state index is -0.470. The Labute approximate surface area is 128 Å². The highest BCUT2D eigenvalue weighted by Crippen LogP contribution is 2.26. The normalized spacial score (nSPS) is 9.33. The summed E-state index contributed by atoms with van der Waals surface area (Å²) < 4.78 is 4.98. The van der Waals surface area contributed by atoms with Crippen LogP contribution in [0.1, 0.15) is 22.8 Å². The lowest BCUT2D eigenvalue weighted by Gasteiger charge is -2.08. The standard InChI is InChI=1S/C15H12N2O3.ClH/c1-2-20-15(19)12-4-3-7-17-14(12)10-5-6-13(18)11(8-10)9-16;/h3-8,18H,2H2,1H3;1H. The second-order valence-electron chi connectivity index (χ2n) is 3.96. The van der Waals surface area contributed by atoms with E-state index in [0.717, 1.165) is 0 Å². The number of phenolic OH excluding ortho intramolecular Hbond substituents is 1. The molecule has 21 heavy (non-hydrogen) atoms. The molecule has 0 atom stereocenters. The van der Waals surface area contributed by atoms with Crippen LogP contribution in [0.5, 0.6) is 5.75 Å². The lowest BCUT2D eigenvalue weighted by molar-refractivity contribution is 0.0527. The van der Waals surface area contributed by atoms with Crippen LogP contribution >= 0.6 is 12.4 Å². The second kappa shape index (κ2) is 7.27. The van der Waals surface area contributed by atoms with E-state index in [1.165, 1.54) is 12.1 Å². The molecule has 0 spiro atoms. The zero-order valence-corrected chi connectivity index (χ0v) is 12.1. The van der Waals surface area contributed by atoms with E-state index >= 15 is 0 Å². The third-order valence-corrected chi connectivity index (χ3v) is 2.69. The van der Waals surface area contributed by atoms with Gasteiger partial charge in [-0.25, -0.2) is 4.79 Å². The van der Waals surface area contributed by atoms with Gasteiger partial charge in [-0.2, -0.15) is 5.26 Å². The molecule has 0 fully saturated rings. The monoisotopic (exact) mass is 304 g/mol. The van der Waals surface area contributed by atoms with Crippen molar-refractivity contribution in [2.24, 2.45) is 0 Å². The minimum Gasteiger partial charge on any atom is -0.507 e. The van der Waals surface area contributed by atoms with Crippen LogP contribution in [0.25, 0.3) is 11.3 Å². The number of aromatic nitrogens is 1. The molecule has 1 heterocycles. The Morgan fingerprint density at radius 3 is 2.86 bits per heavy atom. The molecule has 0 aliphatic carbocycles. The van der Waals surface area contributed by atoms with E-state index in [0.29, 0.717) is 16.8 Å². The molecule has 2 aromatic rings. The number of phenols is 1. The summed E-state index contributed by atoms with van der Waals surface area (Å²) in [6, 6.07) is 9.62. The number of halogens is 1. The fraction of sp³-hybridized carbons (Fsp3) is 0.133. The van der Waals surface area contributed by atoms with Crippen molar-refractivity contribution in [3.63, 3.8) is 0 Å². The van der Waals surface area contributed by atoms with Gasteiger partial charge in [0.15, 0.2) is 0 Å².